The second-order valence-electron chi connectivity index (χ2n) is 3.63. The topological polar surface area (TPSA) is 72.7 Å². The molecule has 6 heteroatoms. The van der Waals surface area contributed by atoms with Crippen molar-refractivity contribution < 1.29 is 18.7 Å². The van der Waals surface area contributed by atoms with Crippen LogP contribution in [0.25, 0.3) is 0 Å². The zero-order chi connectivity index (χ0) is 13.7. The fraction of sp³-hybridized carbons (Fsp3) is 0.154. The van der Waals surface area contributed by atoms with E-state index in [2.05, 4.69) is 10.6 Å². The molecule has 0 radical (unpaired) electrons. The lowest BCUT2D eigenvalue weighted by Crippen LogP contribution is -2.19. The summed E-state index contributed by atoms with van der Waals surface area (Å²) in [6, 6.07) is 8.02. The van der Waals surface area contributed by atoms with Crippen molar-refractivity contribution in [3.8, 4) is 11.5 Å². The van der Waals surface area contributed by atoms with Gasteiger partial charge in [0.15, 0.2) is 11.5 Å². The van der Waals surface area contributed by atoms with Gasteiger partial charge in [-0.3, -0.25) is 5.32 Å². The molecular formula is C13H14N2O4. The standard InChI is InChI=1S/C13H14N2O4/c1-17-10-6-5-9(8-11(10)18-2)14-13(16)15-12-4-3-7-19-12/h3-8H,1-2H3,(H2,14,15,16). The first-order valence-corrected chi connectivity index (χ1v) is 5.56. The minimum absolute atomic E-state index is 0.373. The van der Waals surface area contributed by atoms with Gasteiger partial charge in [0.1, 0.15) is 0 Å². The Morgan fingerprint density at radius 3 is 2.53 bits per heavy atom. The van der Waals surface area contributed by atoms with E-state index in [4.69, 9.17) is 13.9 Å². The first kappa shape index (κ1) is 12.8. The molecule has 0 aliphatic rings. The average Bonchev–Trinajstić information content (AvgIpc) is 2.91. The van der Waals surface area contributed by atoms with E-state index in [1.165, 1.54) is 13.4 Å². The zero-order valence-electron chi connectivity index (χ0n) is 10.6. The Morgan fingerprint density at radius 2 is 1.89 bits per heavy atom. The summed E-state index contributed by atoms with van der Waals surface area (Å²) in [7, 11) is 3.08. The molecule has 0 fully saturated rings. The lowest BCUT2D eigenvalue weighted by molar-refractivity contribution is 0.261. The number of carbonyl (C=O) groups is 1. The third-order valence-electron chi connectivity index (χ3n) is 2.40. The first-order valence-electron chi connectivity index (χ1n) is 5.56. The predicted molar refractivity (Wildman–Crippen MR) is 70.9 cm³/mol. The number of hydrogen-bond acceptors (Lipinski definition) is 4. The maximum absolute atomic E-state index is 11.7. The van der Waals surface area contributed by atoms with Gasteiger partial charge in [-0.05, 0) is 18.2 Å². The minimum atomic E-state index is -0.401. The van der Waals surface area contributed by atoms with E-state index in [1.54, 1.807) is 37.4 Å². The molecule has 0 saturated carbocycles. The molecular weight excluding hydrogens is 248 g/mol. The van der Waals surface area contributed by atoms with Gasteiger partial charge < -0.3 is 19.2 Å². The zero-order valence-corrected chi connectivity index (χ0v) is 10.6. The van der Waals surface area contributed by atoms with Crippen LogP contribution in [-0.2, 0) is 0 Å². The first-order chi connectivity index (χ1) is 9.22. The number of urea groups is 1. The number of benzene rings is 1. The van der Waals surface area contributed by atoms with E-state index in [0.29, 0.717) is 23.1 Å². The normalized spacial score (nSPS) is 9.79. The van der Waals surface area contributed by atoms with E-state index in [1.807, 2.05) is 0 Å². The molecule has 2 amide bonds. The maximum atomic E-state index is 11.7. The van der Waals surface area contributed by atoms with Gasteiger partial charge in [0, 0.05) is 17.8 Å². The summed E-state index contributed by atoms with van der Waals surface area (Å²) in [5.41, 5.74) is 0.585. The Bertz CT molecular complexity index is 552. The van der Waals surface area contributed by atoms with Crippen LogP contribution in [0.3, 0.4) is 0 Å². The molecule has 100 valence electrons. The molecule has 0 saturated heterocycles. The number of furan rings is 1. The molecule has 1 heterocycles. The van der Waals surface area contributed by atoms with Gasteiger partial charge in [0.2, 0.25) is 5.88 Å². The van der Waals surface area contributed by atoms with E-state index >= 15 is 0 Å². The molecule has 2 aromatic rings. The van der Waals surface area contributed by atoms with Crippen molar-refractivity contribution in [1.29, 1.82) is 0 Å². The number of anilines is 2. The number of amides is 2. The SMILES string of the molecule is COc1ccc(NC(=O)Nc2ccco2)cc1OC. The van der Waals surface area contributed by atoms with E-state index in [-0.39, 0.29) is 0 Å². The maximum Gasteiger partial charge on any atom is 0.326 e. The molecule has 6 nitrogen and oxygen atoms in total. The summed E-state index contributed by atoms with van der Waals surface area (Å²) in [6.07, 6.45) is 1.48. The van der Waals surface area contributed by atoms with Gasteiger partial charge in [-0.15, -0.1) is 0 Å². The van der Waals surface area contributed by atoms with Gasteiger partial charge in [-0.1, -0.05) is 0 Å². The van der Waals surface area contributed by atoms with Crippen molar-refractivity contribution in [2.75, 3.05) is 24.9 Å². The van der Waals surface area contributed by atoms with E-state index < -0.39 is 6.03 Å². The molecule has 0 aliphatic carbocycles. The smallest absolute Gasteiger partial charge is 0.326 e. The summed E-state index contributed by atoms with van der Waals surface area (Å²) in [4.78, 5) is 11.7. The summed E-state index contributed by atoms with van der Waals surface area (Å²) in [5, 5.41) is 5.21. The summed E-state index contributed by atoms with van der Waals surface area (Å²) in [6.45, 7) is 0. The second-order valence-corrected chi connectivity index (χ2v) is 3.63. The minimum Gasteiger partial charge on any atom is -0.493 e. The summed E-state index contributed by atoms with van der Waals surface area (Å²) < 4.78 is 15.3. The molecule has 1 aromatic heterocycles. The Labute approximate surface area is 110 Å². The number of hydrogen-bond donors (Lipinski definition) is 2. The molecule has 2 rings (SSSR count). The van der Waals surface area contributed by atoms with Crippen LogP contribution in [0.1, 0.15) is 0 Å². The van der Waals surface area contributed by atoms with E-state index in [9.17, 15) is 4.79 Å². The van der Waals surface area contributed by atoms with Gasteiger partial charge in [-0.2, -0.15) is 0 Å². The van der Waals surface area contributed by atoms with Gasteiger partial charge in [-0.25, -0.2) is 4.79 Å². The van der Waals surface area contributed by atoms with Crippen molar-refractivity contribution in [1.82, 2.24) is 0 Å². The third kappa shape index (κ3) is 3.19. The molecule has 0 atom stereocenters. The van der Waals surface area contributed by atoms with Crippen LogP contribution in [0, 0.1) is 0 Å². The van der Waals surface area contributed by atoms with Crippen LogP contribution in [-0.4, -0.2) is 20.3 Å². The van der Waals surface area contributed by atoms with Crippen molar-refractivity contribution in [3.05, 3.63) is 36.6 Å². The highest BCUT2D eigenvalue weighted by atomic mass is 16.5. The number of ether oxygens (including phenoxy) is 2. The van der Waals surface area contributed by atoms with E-state index in [0.717, 1.165) is 0 Å². The Hall–Kier alpha value is -2.63. The molecule has 2 N–H and O–H groups in total. The highest BCUT2D eigenvalue weighted by Gasteiger charge is 2.08. The molecule has 1 aromatic carbocycles. The summed E-state index contributed by atoms with van der Waals surface area (Å²) in [5.74, 6) is 1.51. The van der Waals surface area contributed by atoms with Crippen LogP contribution in [0.15, 0.2) is 41.0 Å². The molecule has 0 spiro atoms. The molecule has 0 unspecified atom stereocenters. The lowest BCUT2D eigenvalue weighted by Gasteiger charge is -2.10. The number of nitrogens with one attached hydrogen (secondary N) is 2. The fourth-order valence-electron chi connectivity index (χ4n) is 1.54. The predicted octanol–water partition coefficient (Wildman–Crippen LogP) is 2.94. The third-order valence-corrected chi connectivity index (χ3v) is 2.40. The Morgan fingerprint density at radius 1 is 1.11 bits per heavy atom. The van der Waals surface area contributed by atoms with Crippen LogP contribution in [0.2, 0.25) is 0 Å². The van der Waals surface area contributed by atoms with Gasteiger partial charge >= 0.3 is 6.03 Å². The largest absolute Gasteiger partial charge is 0.493 e. The van der Waals surface area contributed by atoms with Gasteiger partial charge in [0.25, 0.3) is 0 Å². The fourth-order valence-corrected chi connectivity index (χ4v) is 1.54. The molecule has 19 heavy (non-hydrogen) atoms. The second kappa shape index (κ2) is 5.81. The molecule has 0 aliphatic heterocycles. The number of methoxy groups -OCH3 is 2. The van der Waals surface area contributed by atoms with Crippen LogP contribution in [0.5, 0.6) is 11.5 Å². The van der Waals surface area contributed by atoms with Crippen molar-refractivity contribution >= 4 is 17.6 Å². The van der Waals surface area contributed by atoms with Crippen LogP contribution in [0.4, 0.5) is 16.4 Å². The van der Waals surface area contributed by atoms with Crippen molar-refractivity contribution in [3.63, 3.8) is 0 Å². The lowest BCUT2D eigenvalue weighted by atomic mass is 10.3. The number of rotatable bonds is 4. The van der Waals surface area contributed by atoms with Crippen LogP contribution >= 0.6 is 0 Å². The highest BCUT2D eigenvalue weighted by Crippen LogP contribution is 2.29. The van der Waals surface area contributed by atoms with Crippen LogP contribution < -0.4 is 20.1 Å². The van der Waals surface area contributed by atoms with Crippen molar-refractivity contribution in [2.45, 2.75) is 0 Å². The van der Waals surface area contributed by atoms with Crippen molar-refractivity contribution in [2.24, 2.45) is 0 Å². The Balaban J connectivity index is 2.04. The van der Waals surface area contributed by atoms with Gasteiger partial charge in [0.05, 0.1) is 20.5 Å². The summed E-state index contributed by atoms with van der Waals surface area (Å²) >= 11 is 0. The Kier molecular flexibility index (Phi) is 3.92. The average molecular weight is 262 g/mol. The quantitative estimate of drug-likeness (QED) is 0.888. The monoisotopic (exact) mass is 262 g/mol. The highest BCUT2D eigenvalue weighted by molar-refractivity contribution is 5.99. The molecule has 0 bridgehead atoms. The number of carbonyl (C=O) groups excluding carboxylic acids is 1.